The second-order valence-corrected chi connectivity index (χ2v) is 7.21. The molecular formula is C21H22ClN5O. The smallest absolute Gasteiger partial charge is 0.258 e. The van der Waals surface area contributed by atoms with E-state index in [9.17, 15) is 0 Å². The fourth-order valence-electron chi connectivity index (χ4n) is 3.90. The van der Waals surface area contributed by atoms with Crippen LogP contribution in [-0.2, 0) is 13.0 Å². The molecule has 28 heavy (non-hydrogen) atoms. The normalized spacial score (nSPS) is 13.4. The molecule has 0 atom stereocenters. The summed E-state index contributed by atoms with van der Waals surface area (Å²) in [4.78, 5) is 12.7. The highest BCUT2D eigenvalue weighted by Gasteiger charge is 2.21. The van der Waals surface area contributed by atoms with E-state index in [2.05, 4.69) is 46.4 Å². The Morgan fingerprint density at radius 2 is 2.00 bits per heavy atom. The molecule has 1 aliphatic heterocycles. The third-order valence-electron chi connectivity index (χ3n) is 5.54. The van der Waals surface area contributed by atoms with Crippen LogP contribution in [0.3, 0.4) is 0 Å². The quantitative estimate of drug-likeness (QED) is 0.529. The van der Waals surface area contributed by atoms with Crippen molar-refractivity contribution < 1.29 is 4.52 Å². The maximum Gasteiger partial charge on any atom is 0.258 e. The molecule has 2 N–H and O–H groups in total. The largest absolute Gasteiger partial charge is 0.358 e. The predicted octanol–water partition coefficient (Wildman–Crippen LogP) is 4.27. The van der Waals surface area contributed by atoms with Crippen LogP contribution in [0.2, 0.25) is 0 Å². The van der Waals surface area contributed by atoms with Gasteiger partial charge in [0, 0.05) is 46.2 Å². The molecule has 1 aromatic carbocycles. The van der Waals surface area contributed by atoms with Crippen LogP contribution in [-0.4, -0.2) is 26.7 Å². The van der Waals surface area contributed by atoms with E-state index in [-0.39, 0.29) is 12.4 Å². The summed E-state index contributed by atoms with van der Waals surface area (Å²) in [7, 11) is 0. The highest BCUT2D eigenvalue weighted by Crippen LogP contribution is 2.31. The first kappa shape index (κ1) is 18.7. The van der Waals surface area contributed by atoms with Crippen molar-refractivity contribution >= 4 is 23.3 Å². The van der Waals surface area contributed by atoms with Gasteiger partial charge in [0.15, 0.2) is 0 Å². The third-order valence-corrected chi connectivity index (χ3v) is 5.54. The minimum absolute atomic E-state index is 0. The number of benzene rings is 1. The molecule has 144 valence electrons. The van der Waals surface area contributed by atoms with Crippen molar-refractivity contribution in [2.75, 3.05) is 6.54 Å². The minimum atomic E-state index is 0. The first-order chi connectivity index (χ1) is 13.1. The van der Waals surface area contributed by atoms with Gasteiger partial charge in [-0.3, -0.25) is 4.98 Å². The molecule has 0 saturated carbocycles. The Hall–Kier alpha value is -2.70. The van der Waals surface area contributed by atoms with Gasteiger partial charge in [-0.05, 0) is 68.6 Å². The highest BCUT2D eigenvalue weighted by atomic mass is 35.5. The van der Waals surface area contributed by atoms with Crippen molar-refractivity contribution in [1.82, 2.24) is 25.4 Å². The fraction of sp³-hybridized carbons (Fsp3) is 0.286. The number of fused-ring (bicyclic) bond motifs is 2. The molecule has 1 aliphatic rings. The zero-order valence-electron chi connectivity index (χ0n) is 16.1. The number of halogens is 1. The lowest BCUT2D eigenvalue weighted by molar-refractivity contribution is 0.432. The molecule has 0 radical (unpaired) electrons. The van der Waals surface area contributed by atoms with Crippen LogP contribution in [0.15, 0.2) is 28.9 Å². The van der Waals surface area contributed by atoms with E-state index >= 15 is 0 Å². The van der Waals surface area contributed by atoms with Crippen LogP contribution in [0.25, 0.3) is 33.7 Å². The highest BCUT2D eigenvalue weighted by molar-refractivity contribution is 5.88. The minimum Gasteiger partial charge on any atom is -0.358 e. The average Bonchev–Trinajstić information content (AvgIpc) is 3.27. The number of hydrogen-bond acceptors (Lipinski definition) is 5. The van der Waals surface area contributed by atoms with Gasteiger partial charge in [0.05, 0.1) is 0 Å². The Labute approximate surface area is 169 Å². The van der Waals surface area contributed by atoms with E-state index < -0.39 is 0 Å². The van der Waals surface area contributed by atoms with Gasteiger partial charge in [-0.25, -0.2) is 0 Å². The van der Waals surface area contributed by atoms with Crippen molar-refractivity contribution in [2.45, 2.75) is 33.7 Å². The first-order valence-corrected chi connectivity index (χ1v) is 9.23. The Kier molecular flexibility index (Phi) is 4.69. The topological polar surface area (TPSA) is 79.6 Å². The number of hydrogen-bond donors (Lipinski definition) is 2. The Morgan fingerprint density at radius 1 is 1.14 bits per heavy atom. The monoisotopic (exact) mass is 395 g/mol. The van der Waals surface area contributed by atoms with E-state index in [0.29, 0.717) is 11.7 Å². The number of pyridine rings is 1. The lowest BCUT2D eigenvalue weighted by Gasteiger charge is -2.19. The SMILES string of the molecule is Cc1ncc2c(c1-c1noc(-c3ccc4[nH]c(C)c(C)c4c3)n1)CCNC2.Cl. The molecule has 0 amide bonds. The number of aryl methyl sites for hydroxylation is 3. The molecule has 0 unspecified atom stereocenters. The van der Waals surface area contributed by atoms with Crippen LogP contribution in [0.4, 0.5) is 0 Å². The number of nitrogens with zero attached hydrogens (tertiary/aromatic N) is 3. The fourth-order valence-corrected chi connectivity index (χ4v) is 3.90. The van der Waals surface area contributed by atoms with E-state index in [1.54, 1.807) is 0 Å². The van der Waals surface area contributed by atoms with E-state index in [1.807, 2.05) is 19.2 Å². The zero-order valence-corrected chi connectivity index (χ0v) is 16.9. The summed E-state index contributed by atoms with van der Waals surface area (Å²) in [5, 5.41) is 8.86. The summed E-state index contributed by atoms with van der Waals surface area (Å²) in [6.45, 7) is 8.01. The summed E-state index contributed by atoms with van der Waals surface area (Å²) in [6, 6.07) is 6.20. The maximum atomic E-state index is 5.63. The average molecular weight is 396 g/mol. The van der Waals surface area contributed by atoms with Crippen molar-refractivity contribution in [2.24, 2.45) is 0 Å². The van der Waals surface area contributed by atoms with Crippen LogP contribution in [0.1, 0.15) is 28.1 Å². The van der Waals surface area contributed by atoms with E-state index in [1.165, 1.54) is 27.8 Å². The second-order valence-electron chi connectivity index (χ2n) is 7.21. The van der Waals surface area contributed by atoms with Crippen molar-refractivity contribution in [1.29, 1.82) is 0 Å². The number of rotatable bonds is 2. The molecule has 0 aliphatic carbocycles. The van der Waals surface area contributed by atoms with Crippen molar-refractivity contribution in [3.8, 4) is 22.8 Å². The number of aromatic nitrogens is 4. The van der Waals surface area contributed by atoms with Gasteiger partial charge in [-0.2, -0.15) is 4.98 Å². The third kappa shape index (κ3) is 2.89. The van der Waals surface area contributed by atoms with Gasteiger partial charge in [0.25, 0.3) is 5.89 Å². The molecule has 5 rings (SSSR count). The molecule has 0 spiro atoms. The number of aromatic amines is 1. The Bertz CT molecular complexity index is 1180. The van der Waals surface area contributed by atoms with Crippen LogP contribution >= 0.6 is 12.4 Å². The summed E-state index contributed by atoms with van der Waals surface area (Å²) in [6.07, 6.45) is 2.90. The molecule has 7 heteroatoms. The van der Waals surface area contributed by atoms with Crippen LogP contribution < -0.4 is 5.32 Å². The molecular weight excluding hydrogens is 374 g/mol. The van der Waals surface area contributed by atoms with Gasteiger partial charge in [0.2, 0.25) is 5.82 Å². The molecule has 0 bridgehead atoms. The molecule has 4 heterocycles. The second kappa shape index (κ2) is 7.04. The molecule has 0 saturated heterocycles. The van der Waals surface area contributed by atoms with E-state index in [0.717, 1.165) is 41.8 Å². The predicted molar refractivity (Wildman–Crippen MR) is 112 cm³/mol. The summed E-state index contributed by atoms with van der Waals surface area (Å²) >= 11 is 0. The first-order valence-electron chi connectivity index (χ1n) is 9.23. The Balaban J connectivity index is 0.00000192. The van der Waals surface area contributed by atoms with Gasteiger partial charge in [0.1, 0.15) is 0 Å². The number of nitrogens with one attached hydrogen (secondary N) is 2. The lowest BCUT2D eigenvalue weighted by Crippen LogP contribution is -2.24. The van der Waals surface area contributed by atoms with Crippen molar-refractivity contribution in [3.63, 3.8) is 0 Å². The molecule has 0 fully saturated rings. The molecule has 4 aromatic rings. The van der Waals surface area contributed by atoms with Crippen LogP contribution in [0.5, 0.6) is 0 Å². The lowest BCUT2D eigenvalue weighted by atomic mass is 9.95. The van der Waals surface area contributed by atoms with Gasteiger partial charge >= 0.3 is 0 Å². The van der Waals surface area contributed by atoms with Gasteiger partial charge < -0.3 is 14.8 Å². The van der Waals surface area contributed by atoms with Gasteiger partial charge in [-0.1, -0.05) is 5.16 Å². The Morgan fingerprint density at radius 3 is 2.86 bits per heavy atom. The van der Waals surface area contributed by atoms with Crippen LogP contribution in [0, 0.1) is 20.8 Å². The van der Waals surface area contributed by atoms with Gasteiger partial charge in [-0.15, -0.1) is 12.4 Å². The summed E-state index contributed by atoms with van der Waals surface area (Å²) in [5.74, 6) is 1.16. The van der Waals surface area contributed by atoms with Crippen molar-refractivity contribution in [3.05, 3.63) is 52.5 Å². The maximum absolute atomic E-state index is 5.63. The summed E-state index contributed by atoms with van der Waals surface area (Å²) < 4.78 is 5.63. The van der Waals surface area contributed by atoms with E-state index in [4.69, 9.17) is 9.51 Å². The molecule has 3 aromatic heterocycles. The molecule has 6 nitrogen and oxygen atoms in total. The number of H-pyrrole nitrogens is 1. The standard InChI is InChI=1S/C21H21N5O.ClH/c1-11-12(2)24-18-5-4-14(8-17(11)18)21-25-20(26-27-21)19-13(3)23-10-15-9-22-7-6-16(15)19;/h4-5,8,10,22,24H,6-7,9H2,1-3H3;1H. The summed E-state index contributed by atoms with van der Waals surface area (Å²) in [5.41, 5.74) is 8.93. The zero-order chi connectivity index (χ0) is 18.5.